The molecule has 2 aliphatic heterocycles. The molecule has 1 spiro atoms. The Kier molecular flexibility index (Phi) is 3.71. The zero-order valence-corrected chi connectivity index (χ0v) is 14.9. The monoisotopic (exact) mass is 341 g/mol. The first-order valence-corrected chi connectivity index (χ1v) is 8.64. The minimum absolute atomic E-state index is 0.228. The number of rotatable bonds is 2. The fourth-order valence-corrected chi connectivity index (χ4v) is 3.95. The van der Waals surface area contributed by atoms with Gasteiger partial charge in [-0.25, -0.2) is 9.78 Å². The molecule has 3 heterocycles. The number of aromatic nitrogens is 1. The summed E-state index contributed by atoms with van der Waals surface area (Å²) in [4.78, 5) is 20.6. The highest BCUT2D eigenvalue weighted by molar-refractivity contribution is 5.85. The molecule has 25 heavy (non-hydrogen) atoms. The number of methoxy groups -OCH3 is 1. The predicted octanol–water partition coefficient (Wildman–Crippen LogP) is 2.97. The standard InChI is InChI=1S/C19H23N3O3/c1-13-9-17(20-16-10-14(24-3)5-6-15(13)16)22-8-4-7-19(12-22)11-21(2)18(23)25-19/h5-6,9-10H,4,7-8,11-12H2,1-3H3/t19-/m1/s1. The molecule has 4 rings (SSSR count). The summed E-state index contributed by atoms with van der Waals surface area (Å²) in [6, 6.07) is 8.09. The summed E-state index contributed by atoms with van der Waals surface area (Å²) in [6.45, 7) is 4.35. The zero-order chi connectivity index (χ0) is 17.6. The van der Waals surface area contributed by atoms with Crippen molar-refractivity contribution >= 4 is 22.8 Å². The van der Waals surface area contributed by atoms with Crippen molar-refractivity contribution < 1.29 is 14.3 Å². The van der Waals surface area contributed by atoms with Crippen LogP contribution in [0, 0.1) is 6.92 Å². The first-order valence-electron chi connectivity index (χ1n) is 8.64. The van der Waals surface area contributed by atoms with Crippen LogP contribution in [-0.4, -0.2) is 55.4 Å². The van der Waals surface area contributed by atoms with E-state index in [2.05, 4.69) is 17.9 Å². The third-order valence-electron chi connectivity index (χ3n) is 5.21. The zero-order valence-electron chi connectivity index (χ0n) is 14.9. The van der Waals surface area contributed by atoms with Gasteiger partial charge in [0.05, 0.1) is 25.7 Å². The molecule has 132 valence electrons. The van der Waals surface area contributed by atoms with Crippen molar-refractivity contribution in [1.29, 1.82) is 0 Å². The summed E-state index contributed by atoms with van der Waals surface area (Å²) in [5.41, 5.74) is 1.69. The average Bonchev–Trinajstić information content (AvgIpc) is 2.87. The second kappa shape index (κ2) is 5.79. The highest BCUT2D eigenvalue weighted by Crippen LogP contribution is 2.34. The molecule has 0 bridgehead atoms. The van der Waals surface area contributed by atoms with Crippen molar-refractivity contribution in [1.82, 2.24) is 9.88 Å². The number of benzene rings is 1. The Morgan fingerprint density at radius 2 is 2.12 bits per heavy atom. The third kappa shape index (κ3) is 2.75. The van der Waals surface area contributed by atoms with Crippen LogP contribution < -0.4 is 9.64 Å². The number of hydrogen-bond donors (Lipinski definition) is 0. The van der Waals surface area contributed by atoms with Crippen molar-refractivity contribution in [3.63, 3.8) is 0 Å². The van der Waals surface area contributed by atoms with E-state index in [4.69, 9.17) is 14.5 Å². The largest absolute Gasteiger partial charge is 0.497 e. The van der Waals surface area contributed by atoms with Crippen LogP contribution in [0.4, 0.5) is 10.6 Å². The van der Waals surface area contributed by atoms with E-state index in [1.807, 2.05) is 18.2 Å². The second-order valence-corrected chi connectivity index (χ2v) is 7.11. The fraction of sp³-hybridized carbons (Fsp3) is 0.474. The Bertz CT molecular complexity index is 838. The van der Waals surface area contributed by atoms with Gasteiger partial charge in [0, 0.05) is 25.0 Å². The molecule has 6 heteroatoms. The summed E-state index contributed by atoms with van der Waals surface area (Å²) in [5.74, 6) is 1.74. The summed E-state index contributed by atoms with van der Waals surface area (Å²) >= 11 is 0. The number of nitrogens with zero attached hydrogens (tertiary/aromatic N) is 3. The van der Waals surface area contributed by atoms with E-state index in [9.17, 15) is 4.79 Å². The van der Waals surface area contributed by atoms with Crippen molar-refractivity contribution in [2.75, 3.05) is 38.7 Å². The Hall–Kier alpha value is -2.50. The first-order chi connectivity index (χ1) is 12.0. The lowest BCUT2D eigenvalue weighted by atomic mass is 9.92. The molecule has 6 nitrogen and oxygen atoms in total. The number of aryl methyl sites for hydroxylation is 1. The Balaban J connectivity index is 1.68. The molecule has 1 amide bonds. The number of pyridine rings is 1. The number of hydrogen-bond acceptors (Lipinski definition) is 5. The number of carbonyl (C=O) groups excluding carboxylic acids is 1. The van der Waals surface area contributed by atoms with Gasteiger partial charge < -0.3 is 19.3 Å². The lowest BCUT2D eigenvalue weighted by Crippen LogP contribution is -2.50. The first kappa shape index (κ1) is 16.0. The van der Waals surface area contributed by atoms with Gasteiger partial charge in [-0.3, -0.25) is 0 Å². The van der Waals surface area contributed by atoms with Gasteiger partial charge in [-0.15, -0.1) is 0 Å². The highest BCUT2D eigenvalue weighted by atomic mass is 16.6. The van der Waals surface area contributed by atoms with Crippen molar-refractivity contribution in [2.45, 2.75) is 25.4 Å². The molecular weight excluding hydrogens is 318 g/mol. The van der Waals surface area contributed by atoms with Gasteiger partial charge >= 0.3 is 6.09 Å². The van der Waals surface area contributed by atoms with Crippen LogP contribution in [0.1, 0.15) is 18.4 Å². The van der Waals surface area contributed by atoms with Crippen LogP contribution in [0.3, 0.4) is 0 Å². The maximum absolute atomic E-state index is 11.8. The minimum Gasteiger partial charge on any atom is -0.497 e. The van der Waals surface area contributed by atoms with Crippen LogP contribution in [0.5, 0.6) is 5.75 Å². The molecule has 0 N–H and O–H groups in total. The Morgan fingerprint density at radius 3 is 2.84 bits per heavy atom. The number of piperidine rings is 1. The average molecular weight is 341 g/mol. The van der Waals surface area contributed by atoms with Gasteiger partial charge in [0.15, 0.2) is 0 Å². The topological polar surface area (TPSA) is 54.9 Å². The van der Waals surface area contributed by atoms with Crippen LogP contribution >= 0.6 is 0 Å². The minimum atomic E-state index is -0.414. The van der Waals surface area contributed by atoms with Gasteiger partial charge in [0.2, 0.25) is 0 Å². The molecule has 1 atom stereocenters. The number of carbonyl (C=O) groups is 1. The van der Waals surface area contributed by atoms with E-state index in [-0.39, 0.29) is 6.09 Å². The van der Waals surface area contributed by atoms with Gasteiger partial charge in [-0.2, -0.15) is 0 Å². The van der Waals surface area contributed by atoms with Crippen molar-refractivity contribution in [3.05, 3.63) is 29.8 Å². The molecule has 2 fully saturated rings. The van der Waals surface area contributed by atoms with Crippen LogP contribution in [0.15, 0.2) is 24.3 Å². The molecule has 0 aliphatic carbocycles. The molecule has 2 aliphatic rings. The van der Waals surface area contributed by atoms with Crippen LogP contribution in [-0.2, 0) is 4.74 Å². The molecule has 1 aromatic carbocycles. The van der Waals surface area contributed by atoms with Crippen LogP contribution in [0.25, 0.3) is 10.9 Å². The van der Waals surface area contributed by atoms with Crippen molar-refractivity contribution in [2.24, 2.45) is 0 Å². The maximum atomic E-state index is 11.8. The molecule has 2 aromatic rings. The normalized spacial score (nSPS) is 23.4. The summed E-state index contributed by atoms with van der Waals surface area (Å²) < 4.78 is 11.0. The van der Waals surface area contributed by atoms with E-state index < -0.39 is 5.60 Å². The van der Waals surface area contributed by atoms with E-state index >= 15 is 0 Å². The van der Waals surface area contributed by atoms with Gasteiger partial charge in [-0.05, 0) is 43.5 Å². The smallest absolute Gasteiger partial charge is 0.410 e. The lowest BCUT2D eigenvalue weighted by molar-refractivity contribution is 0.0445. The number of likely N-dealkylation sites (N-methyl/N-ethyl adjacent to an activating group) is 1. The highest BCUT2D eigenvalue weighted by Gasteiger charge is 2.46. The molecule has 0 unspecified atom stereocenters. The van der Waals surface area contributed by atoms with Crippen molar-refractivity contribution in [3.8, 4) is 5.75 Å². The maximum Gasteiger partial charge on any atom is 0.410 e. The molecular formula is C19H23N3O3. The van der Waals surface area contributed by atoms with E-state index in [0.717, 1.165) is 41.9 Å². The molecule has 0 radical (unpaired) electrons. The molecule has 2 saturated heterocycles. The van der Waals surface area contributed by atoms with Crippen LogP contribution in [0.2, 0.25) is 0 Å². The van der Waals surface area contributed by atoms with E-state index in [0.29, 0.717) is 13.1 Å². The number of fused-ring (bicyclic) bond motifs is 1. The number of amides is 1. The SMILES string of the molecule is COc1ccc2c(C)cc(N3CCC[C@@]4(CN(C)C(=O)O4)C3)nc2c1. The molecule has 1 aromatic heterocycles. The van der Waals surface area contributed by atoms with Gasteiger partial charge in [0.25, 0.3) is 0 Å². The third-order valence-corrected chi connectivity index (χ3v) is 5.21. The fourth-order valence-electron chi connectivity index (χ4n) is 3.95. The van der Waals surface area contributed by atoms with Gasteiger partial charge in [-0.1, -0.05) is 0 Å². The van der Waals surface area contributed by atoms with E-state index in [1.165, 1.54) is 5.56 Å². The molecule has 0 saturated carbocycles. The number of anilines is 1. The Labute approximate surface area is 147 Å². The second-order valence-electron chi connectivity index (χ2n) is 7.11. The lowest BCUT2D eigenvalue weighted by Gasteiger charge is -2.39. The summed E-state index contributed by atoms with van der Waals surface area (Å²) in [5, 5.41) is 1.13. The Morgan fingerprint density at radius 1 is 1.28 bits per heavy atom. The van der Waals surface area contributed by atoms with E-state index in [1.54, 1.807) is 19.1 Å². The number of ether oxygens (including phenoxy) is 2. The summed E-state index contributed by atoms with van der Waals surface area (Å²) in [6.07, 6.45) is 1.66. The predicted molar refractivity (Wildman–Crippen MR) is 96.3 cm³/mol. The summed E-state index contributed by atoms with van der Waals surface area (Å²) in [7, 11) is 3.46. The van der Waals surface area contributed by atoms with Gasteiger partial charge in [0.1, 0.15) is 17.2 Å². The quantitative estimate of drug-likeness (QED) is 0.840.